The Hall–Kier alpha value is -3.41. The van der Waals surface area contributed by atoms with E-state index < -0.39 is 6.09 Å². The average Bonchev–Trinajstić information content (AvgIpc) is 3.63. The van der Waals surface area contributed by atoms with E-state index in [0.717, 1.165) is 45.5 Å². The van der Waals surface area contributed by atoms with Gasteiger partial charge < -0.3 is 4.74 Å². The lowest BCUT2D eigenvalue weighted by molar-refractivity contribution is -0.119. The minimum Gasteiger partial charge on any atom is -0.441 e. The second-order valence-corrected chi connectivity index (χ2v) is 10.9. The summed E-state index contributed by atoms with van der Waals surface area (Å²) in [7, 11) is 0. The van der Waals surface area contributed by atoms with E-state index in [4.69, 9.17) is 16.3 Å². The predicted octanol–water partition coefficient (Wildman–Crippen LogP) is 8.67. The van der Waals surface area contributed by atoms with Gasteiger partial charge in [-0.15, -0.1) is 11.3 Å². The van der Waals surface area contributed by atoms with Crippen LogP contribution in [-0.2, 0) is 14.9 Å². The first-order valence-corrected chi connectivity index (χ1v) is 13.1. The minimum atomic E-state index is -0.530. The molecule has 1 saturated carbocycles. The van der Waals surface area contributed by atoms with Crippen LogP contribution in [0.25, 0.3) is 21.6 Å². The van der Waals surface area contributed by atoms with Crippen LogP contribution in [0.4, 0.5) is 10.5 Å². The molecular weight excluding hydrogens is 490 g/mol. The third-order valence-corrected chi connectivity index (χ3v) is 8.15. The fraction of sp³-hybridized carbons (Fsp3) is 0.200. The Labute approximate surface area is 219 Å². The van der Waals surface area contributed by atoms with Gasteiger partial charge in [0.05, 0.1) is 20.3 Å². The van der Waals surface area contributed by atoms with Crippen LogP contribution in [0.2, 0.25) is 4.34 Å². The number of thiophene rings is 1. The average molecular weight is 516 g/mol. The molecule has 0 saturated heterocycles. The van der Waals surface area contributed by atoms with E-state index >= 15 is 0 Å². The highest BCUT2D eigenvalue weighted by Gasteiger charge is 2.48. The van der Waals surface area contributed by atoms with Crippen molar-refractivity contribution in [1.82, 2.24) is 0 Å². The SMILES string of the molecule is CC(=O)C1(c2ccc(-c3ccc(-c4sc(Cl)cc4NC(=O)O[C@H](C)c4ccccc4)cc3)cc2)CC1. The minimum absolute atomic E-state index is 0.247. The number of ketones is 1. The molecule has 1 fully saturated rings. The maximum atomic E-state index is 12.6. The van der Waals surface area contributed by atoms with E-state index in [1.54, 1.807) is 13.0 Å². The quantitative estimate of drug-likeness (QED) is 0.268. The molecule has 1 N–H and O–H groups in total. The maximum Gasteiger partial charge on any atom is 0.412 e. The molecule has 1 aliphatic carbocycles. The number of Topliss-reactive ketones (excluding diaryl/α,β-unsaturated/α-hetero) is 1. The molecular formula is C30H26ClNO3S. The molecule has 36 heavy (non-hydrogen) atoms. The summed E-state index contributed by atoms with van der Waals surface area (Å²) < 4.78 is 6.14. The fourth-order valence-corrected chi connectivity index (χ4v) is 5.71. The summed E-state index contributed by atoms with van der Waals surface area (Å²) in [6, 6.07) is 27.8. The van der Waals surface area contributed by atoms with Crippen molar-refractivity contribution < 1.29 is 14.3 Å². The zero-order valence-corrected chi connectivity index (χ0v) is 21.7. The van der Waals surface area contributed by atoms with Crippen molar-refractivity contribution in [2.45, 2.75) is 38.2 Å². The molecule has 5 rings (SSSR count). The lowest BCUT2D eigenvalue weighted by atomic mass is 9.90. The fourth-order valence-electron chi connectivity index (χ4n) is 4.53. The molecule has 3 aromatic carbocycles. The number of carbonyl (C=O) groups excluding carboxylic acids is 2. The number of amides is 1. The van der Waals surface area contributed by atoms with E-state index in [9.17, 15) is 9.59 Å². The molecule has 1 atom stereocenters. The van der Waals surface area contributed by atoms with Gasteiger partial charge in [-0.2, -0.15) is 0 Å². The molecule has 1 aromatic heterocycles. The molecule has 182 valence electrons. The van der Waals surface area contributed by atoms with Crippen molar-refractivity contribution in [3.05, 3.63) is 100 Å². The highest BCUT2D eigenvalue weighted by molar-refractivity contribution is 7.20. The monoisotopic (exact) mass is 515 g/mol. The van der Waals surface area contributed by atoms with Gasteiger partial charge >= 0.3 is 6.09 Å². The number of nitrogens with one attached hydrogen (secondary N) is 1. The number of carbonyl (C=O) groups is 2. The van der Waals surface area contributed by atoms with Crippen molar-refractivity contribution >= 4 is 40.5 Å². The second kappa shape index (κ2) is 9.92. The van der Waals surface area contributed by atoms with Gasteiger partial charge in [0.25, 0.3) is 0 Å². The van der Waals surface area contributed by atoms with E-state index in [1.165, 1.54) is 11.3 Å². The summed E-state index contributed by atoms with van der Waals surface area (Å²) in [4.78, 5) is 25.5. The van der Waals surface area contributed by atoms with Crippen molar-refractivity contribution in [3.8, 4) is 21.6 Å². The van der Waals surface area contributed by atoms with E-state index in [-0.39, 0.29) is 17.3 Å². The van der Waals surface area contributed by atoms with Gasteiger partial charge in [-0.25, -0.2) is 4.79 Å². The first-order valence-electron chi connectivity index (χ1n) is 11.9. The third-order valence-electron chi connectivity index (χ3n) is 6.83. The molecule has 0 bridgehead atoms. The smallest absolute Gasteiger partial charge is 0.412 e. The highest BCUT2D eigenvalue weighted by atomic mass is 35.5. The Morgan fingerprint density at radius 2 is 1.50 bits per heavy atom. The van der Waals surface area contributed by atoms with Crippen molar-refractivity contribution in [1.29, 1.82) is 0 Å². The van der Waals surface area contributed by atoms with Gasteiger partial charge in [-0.1, -0.05) is 90.5 Å². The number of hydrogen-bond donors (Lipinski definition) is 1. The molecule has 1 aliphatic rings. The number of hydrogen-bond acceptors (Lipinski definition) is 4. The first kappa shape index (κ1) is 24.3. The summed E-state index contributed by atoms with van der Waals surface area (Å²) in [5.41, 5.74) is 5.50. The van der Waals surface area contributed by atoms with Crippen LogP contribution in [0.1, 0.15) is 43.9 Å². The van der Waals surface area contributed by atoms with Gasteiger partial charge in [0.1, 0.15) is 11.9 Å². The van der Waals surface area contributed by atoms with Crippen LogP contribution in [-0.4, -0.2) is 11.9 Å². The lowest BCUT2D eigenvalue weighted by Crippen LogP contribution is -2.16. The largest absolute Gasteiger partial charge is 0.441 e. The zero-order valence-electron chi connectivity index (χ0n) is 20.1. The summed E-state index contributed by atoms with van der Waals surface area (Å²) in [5, 5.41) is 2.85. The molecule has 1 amide bonds. The van der Waals surface area contributed by atoms with Crippen LogP contribution >= 0.6 is 22.9 Å². The van der Waals surface area contributed by atoms with Crippen LogP contribution in [0.3, 0.4) is 0 Å². The van der Waals surface area contributed by atoms with Gasteiger partial charge in [0, 0.05) is 0 Å². The Morgan fingerprint density at radius 3 is 2.08 bits per heavy atom. The van der Waals surface area contributed by atoms with Gasteiger partial charge in [0.2, 0.25) is 0 Å². The van der Waals surface area contributed by atoms with E-state index in [2.05, 4.69) is 41.7 Å². The predicted molar refractivity (Wildman–Crippen MR) is 147 cm³/mol. The molecule has 0 radical (unpaired) electrons. The molecule has 6 heteroatoms. The number of rotatable bonds is 7. The normalized spacial score (nSPS) is 14.6. The van der Waals surface area contributed by atoms with E-state index in [0.29, 0.717) is 10.0 Å². The summed E-state index contributed by atoms with van der Waals surface area (Å²) in [6.45, 7) is 3.52. The van der Waals surface area contributed by atoms with Crippen LogP contribution in [0.5, 0.6) is 0 Å². The number of anilines is 1. The summed E-state index contributed by atoms with van der Waals surface area (Å²) in [6.07, 6.45) is 0.973. The van der Waals surface area contributed by atoms with Crippen molar-refractivity contribution in [3.63, 3.8) is 0 Å². The standard InChI is InChI=1S/C30H26ClNO3S/c1-19(21-6-4-3-5-7-21)35-29(34)32-26-18-27(31)36-28(26)24-10-8-22(9-11-24)23-12-14-25(15-13-23)30(16-17-30)20(2)33/h3-15,18-19H,16-17H2,1-2H3,(H,32,34)/t19-/m1/s1. The third kappa shape index (κ3) is 4.95. The zero-order chi connectivity index (χ0) is 25.3. The van der Waals surface area contributed by atoms with Crippen LogP contribution < -0.4 is 5.32 Å². The molecule has 4 aromatic rings. The van der Waals surface area contributed by atoms with Gasteiger partial charge in [0.15, 0.2) is 0 Å². The molecule has 0 unspecified atom stereocenters. The Balaban J connectivity index is 1.30. The Bertz CT molecular complexity index is 1390. The second-order valence-electron chi connectivity index (χ2n) is 9.17. The van der Waals surface area contributed by atoms with E-state index in [1.807, 2.05) is 49.4 Å². The molecule has 1 heterocycles. The number of halogens is 1. The summed E-state index contributed by atoms with van der Waals surface area (Å²) >= 11 is 7.71. The molecule has 0 aliphatic heterocycles. The van der Waals surface area contributed by atoms with Crippen molar-refractivity contribution in [2.75, 3.05) is 5.32 Å². The maximum absolute atomic E-state index is 12.6. The summed E-state index contributed by atoms with van der Waals surface area (Å²) in [5.74, 6) is 0.247. The van der Waals surface area contributed by atoms with Crippen LogP contribution in [0.15, 0.2) is 84.9 Å². The van der Waals surface area contributed by atoms with Crippen molar-refractivity contribution in [2.24, 2.45) is 0 Å². The lowest BCUT2D eigenvalue weighted by Gasteiger charge is -2.14. The number of benzene rings is 3. The highest BCUT2D eigenvalue weighted by Crippen LogP contribution is 2.49. The Morgan fingerprint density at radius 1 is 0.917 bits per heavy atom. The molecule has 0 spiro atoms. The van der Waals surface area contributed by atoms with Gasteiger partial charge in [-0.3, -0.25) is 10.1 Å². The van der Waals surface area contributed by atoms with Crippen LogP contribution in [0, 0.1) is 0 Å². The molecule has 4 nitrogen and oxygen atoms in total. The Kier molecular flexibility index (Phi) is 6.69. The first-order chi connectivity index (χ1) is 17.4. The topological polar surface area (TPSA) is 55.4 Å². The van der Waals surface area contributed by atoms with Gasteiger partial charge in [-0.05, 0) is 60.6 Å². The number of ether oxygens (including phenoxy) is 1.